The molecular formula is C10H9BrN2O4. The van der Waals surface area contributed by atoms with Gasteiger partial charge in [0.1, 0.15) is 17.4 Å². The van der Waals surface area contributed by atoms with E-state index in [0.717, 1.165) is 0 Å². The fourth-order valence-electron chi connectivity index (χ4n) is 1.35. The molecule has 1 rings (SSSR count). The number of nitrogens with one attached hydrogen (secondary N) is 1. The number of amides is 1. The molecule has 0 aliphatic heterocycles. The van der Waals surface area contributed by atoms with Crippen LogP contribution < -0.4 is 5.32 Å². The van der Waals surface area contributed by atoms with Gasteiger partial charge in [-0.1, -0.05) is 15.9 Å². The molecule has 1 aromatic carbocycles. The van der Waals surface area contributed by atoms with Gasteiger partial charge in [-0.2, -0.15) is 5.26 Å². The molecule has 6 nitrogen and oxygen atoms in total. The van der Waals surface area contributed by atoms with Gasteiger partial charge in [-0.05, 0) is 6.07 Å². The Morgan fingerprint density at radius 1 is 1.59 bits per heavy atom. The molecule has 0 aliphatic rings. The molecule has 0 aliphatic carbocycles. The number of hydrogen-bond acceptors (Lipinski definition) is 4. The zero-order chi connectivity index (χ0) is 13.0. The maximum Gasteiger partial charge on any atom is 0.409 e. The van der Waals surface area contributed by atoms with E-state index in [9.17, 15) is 9.90 Å². The molecule has 0 aromatic heterocycles. The van der Waals surface area contributed by atoms with Crippen LogP contribution >= 0.6 is 15.9 Å². The number of carbonyl (C=O) groups is 1. The van der Waals surface area contributed by atoms with Gasteiger partial charge in [0.2, 0.25) is 0 Å². The molecule has 7 heteroatoms. The fraction of sp³-hybridized carbons (Fsp3) is 0.200. The van der Waals surface area contributed by atoms with Crippen molar-refractivity contribution >= 4 is 27.7 Å². The minimum atomic E-state index is -1.33. The van der Waals surface area contributed by atoms with Crippen LogP contribution in [0.25, 0.3) is 0 Å². The number of benzene rings is 1. The van der Waals surface area contributed by atoms with Gasteiger partial charge < -0.3 is 15.3 Å². The Labute approximate surface area is 105 Å². The number of rotatable bonds is 3. The number of halogens is 1. The highest BCUT2D eigenvalue weighted by Crippen LogP contribution is 2.35. The number of aromatic hydroxyl groups is 1. The largest absolute Gasteiger partial charge is 0.506 e. The number of aliphatic hydroxyl groups is 1. The summed E-state index contributed by atoms with van der Waals surface area (Å²) in [4.78, 5) is 10.5. The standard InChI is InChI=1S/C10H9BrN2O4/c11-7-3-8(13-10(16)17)6(4-12)9(15)5(7)1-2-14/h3,13-15H,1-2H2,(H,16,17). The Hall–Kier alpha value is -1.78. The molecule has 0 saturated carbocycles. The Balaban J connectivity index is 3.36. The van der Waals surface area contributed by atoms with Crippen molar-refractivity contribution in [2.24, 2.45) is 0 Å². The highest BCUT2D eigenvalue weighted by Gasteiger charge is 2.17. The van der Waals surface area contributed by atoms with Crippen molar-refractivity contribution in [2.45, 2.75) is 6.42 Å². The third kappa shape index (κ3) is 2.87. The van der Waals surface area contributed by atoms with Crippen LogP contribution in [0.5, 0.6) is 5.75 Å². The smallest absolute Gasteiger partial charge is 0.409 e. The van der Waals surface area contributed by atoms with Crippen molar-refractivity contribution in [1.82, 2.24) is 0 Å². The first-order valence-electron chi connectivity index (χ1n) is 4.56. The summed E-state index contributed by atoms with van der Waals surface area (Å²) in [6.45, 7) is -0.192. The van der Waals surface area contributed by atoms with Gasteiger partial charge in [0.05, 0.1) is 5.69 Å². The zero-order valence-corrected chi connectivity index (χ0v) is 10.2. The van der Waals surface area contributed by atoms with E-state index in [1.165, 1.54) is 6.07 Å². The third-order valence-electron chi connectivity index (χ3n) is 2.07. The zero-order valence-electron chi connectivity index (χ0n) is 8.57. The summed E-state index contributed by atoms with van der Waals surface area (Å²) < 4.78 is 0.423. The van der Waals surface area contributed by atoms with Gasteiger partial charge in [0.25, 0.3) is 0 Å². The van der Waals surface area contributed by atoms with Crippen molar-refractivity contribution in [1.29, 1.82) is 5.26 Å². The van der Waals surface area contributed by atoms with Crippen LogP contribution in [0.4, 0.5) is 10.5 Å². The molecule has 0 atom stereocenters. The lowest BCUT2D eigenvalue weighted by molar-refractivity contribution is 0.209. The lowest BCUT2D eigenvalue weighted by Crippen LogP contribution is -2.09. The van der Waals surface area contributed by atoms with Crippen molar-refractivity contribution in [3.8, 4) is 11.8 Å². The van der Waals surface area contributed by atoms with Gasteiger partial charge in [-0.3, -0.25) is 5.32 Å². The minimum absolute atomic E-state index is 0.00827. The van der Waals surface area contributed by atoms with Crippen LogP contribution in [0.3, 0.4) is 0 Å². The highest BCUT2D eigenvalue weighted by atomic mass is 79.9. The summed E-state index contributed by atoms with van der Waals surface area (Å²) >= 11 is 3.14. The summed E-state index contributed by atoms with van der Waals surface area (Å²) in [6.07, 6.45) is -1.17. The molecule has 90 valence electrons. The van der Waals surface area contributed by atoms with Crippen LogP contribution in [-0.2, 0) is 6.42 Å². The summed E-state index contributed by atoms with van der Waals surface area (Å²) in [5.74, 6) is -0.334. The normalized spacial score (nSPS) is 9.71. The number of hydrogen-bond donors (Lipinski definition) is 4. The maximum atomic E-state index is 10.5. The number of nitriles is 1. The third-order valence-corrected chi connectivity index (χ3v) is 2.77. The Morgan fingerprint density at radius 3 is 2.71 bits per heavy atom. The maximum absolute atomic E-state index is 10.5. The summed E-state index contributed by atoms with van der Waals surface area (Å²) in [5, 5.41) is 38.1. The molecule has 1 amide bonds. The van der Waals surface area contributed by atoms with Crippen LogP contribution in [0.15, 0.2) is 10.5 Å². The lowest BCUT2D eigenvalue weighted by atomic mass is 10.0. The quantitative estimate of drug-likeness (QED) is 0.678. The van der Waals surface area contributed by atoms with Gasteiger partial charge in [-0.25, -0.2) is 4.79 Å². The SMILES string of the molecule is N#Cc1c(NC(=O)O)cc(Br)c(CCO)c1O. The van der Waals surface area contributed by atoms with Gasteiger partial charge >= 0.3 is 6.09 Å². The van der Waals surface area contributed by atoms with E-state index < -0.39 is 6.09 Å². The van der Waals surface area contributed by atoms with Crippen LogP contribution in [0.2, 0.25) is 0 Å². The molecule has 0 unspecified atom stereocenters. The van der Waals surface area contributed by atoms with E-state index in [-0.39, 0.29) is 30.0 Å². The van der Waals surface area contributed by atoms with E-state index in [1.54, 1.807) is 6.07 Å². The number of carboxylic acid groups (broad SMARTS) is 1. The molecule has 0 bridgehead atoms. The molecule has 1 aromatic rings. The Morgan fingerprint density at radius 2 is 2.24 bits per heavy atom. The first-order chi connectivity index (χ1) is 8.01. The van der Waals surface area contributed by atoms with Crippen LogP contribution in [0.1, 0.15) is 11.1 Å². The molecule has 17 heavy (non-hydrogen) atoms. The number of nitrogens with zero attached hydrogens (tertiary/aromatic N) is 1. The van der Waals surface area contributed by atoms with Gasteiger partial charge in [0.15, 0.2) is 0 Å². The van der Waals surface area contributed by atoms with E-state index in [2.05, 4.69) is 15.9 Å². The molecular weight excluding hydrogens is 292 g/mol. The molecule has 0 fully saturated rings. The molecule has 0 heterocycles. The van der Waals surface area contributed by atoms with E-state index in [4.69, 9.17) is 15.5 Å². The average molecular weight is 301 g/mol. The number of phenolic OH excluding ortho intramolecular Hbond substituents is 1. The summed E-state index contributed by atoms with van der Waals surface area (Å²) in [6, 6.07) is 3.09. The van der Waals surface area contributed by atoms with Crippen LogP contribution in [-0.4, -0.2) is 28.0 Å². The molecule has 0 saturated heterocycles. The second kappa shape index (κ2) is 5.52. The van der Waals surface area contributed by atoms with Crippen molar-refractivity contribution in [3.63, 3.8) is 0 Å². The molecule has 0 spiro atoms. The Bertz CT molecular complexity index is 496. The topological polar surface area (TPSA) is 114 Å². The molecule has 4 N–H and O–H groups in total. The fourth-order valence-corrected chi connectivity index (χ4v) is 1.97. The van der Waals surface area contributed by atoms with E-state index in [0.29, 0.717) is 10.0 Å². The van der Waals surface area contributed by atoms with E-state index in [1.807, 2.05) is 5.32 Å². The minimum Gasteiger partial charge on any atom is -0.506 e. The molecule has 0 radical (unpaired) electrons. The van der Waals surface area contributed by atoms with Gasteiger partial charge in [0, 0.05) is 23.1 Å². The average Bonchev–Trinajstić information content (AvgIpc) is 2.23. The predicted molar refractivity (Wildman–Crippen MR) is 63.0 cm³/mol. The predicted octanol–water partition coefficient (Wildman–Crippen LogP) is 1.65. The van der Waals surface area contributed by atoms with Crippen molar-refractivity contribution < 1.29 is 20.1 Å². The lowest BCUT2D eigenvalue weighted by Gasteiger charge is -2.11. The van der Waals surface area contributed by atoms with Crippen LogP contribution in [0, 0.1) is 11.3 Å². The van der Waals surface area contributed by atoms with Crippen molar-refractivity contribution in [3.05, 3.63) is 21.7 Å². The number of phenols is 1. The second-order valence-corrected chi connectivity index (χ2v) is 3.98. The van der Waals surface area contributed by atoms with E-state index >= 15 is 0 Å². The van der Waals surface area contributed by atoms with Gasteiger partial charge in [-0.15, -0.1) is 0 Å². The first kappa shape index (κ1) is 13.3. The summed E-state index contributed by atoms with van der Waals surface area (Å²) in [7, 11) is 0. The Kier molecular flexibility index (Phi) is 4.31. The first-order valence-corrected chi connectivity index (χ1v) is 5.35. The number of anilines is 1. The second-order valence-electron chi connectivity index (χ2n) is 3.12. The number of aliphatic hydroxyl groups excluding tert-OH is 1. The monoisotopic (exact) mass is 300 g/mol. The highest BCUT2D eigenvalue weighted by molar-refractivity contribution is 9.10. The van der Waals surface area contributed by atoms with Crippen molar-refractivity contribution in [2.75, 3.05) is 11.9 Å². The summed E-state index contributed by atoms with van der Waals surface area (Å²) in [5.41, 5.74) is 0.185.